The Morgan fingerprint density at radius 2 is 1.77 bits per heavy atom. The van der Waals surface area contributed by atoms with Gasteiger partial charge in [0.15, 0.2) is 0 Å². The van der Waals surface area contributed by atoms with Gasteiger partial charge in [-0.15, -0.1) is 0 Å². The number of nitrogens with one attached hydrogen (secondary N) is 1. The van der Waals surface area contributed by atoms with Gasteiger partial charge in [0, 0.05) is 17.5 Å². The molecule has 3 nitrogen and oxygen atoms in total. The highest BCUT2D eigenvalue weighted by molar-refractivity contribution is 5.94. The molecule has 1 amide bonds. The Kier molecular flexibility index (Phi) is 4.60. The molecule has 3 heteroatoms. The lowest BCUT2D eigenvalue weighted by atomic mass is 9.86. The van der Waals surface area contributed by atoms with Crippen LogP contribution < -0.4 is 10.1 Å². The Balaban J connectivity index is 1.83. The van der Waals surface area contributed by atoms with Crippen molar-refractivity contribution in [2.24, 2.45) is 0 Å². The Hall–Kier alpha value is -2.29. The SMILES string of the molecule is Cc1ccc2c(c1)OC(C)(C)CC2NC(=O)c1ccc(C(C)(C)C)cc1. The normalized spacial score (nSPS) is 18.6. The molecule has 0 radical (unpaired) electrons. The Labute approximate surface area is 156 Å². The van der Waals surface area contributed by atoms with Crippen molar-refractivity contribution in [3.8, 4) is 5.75 Å². The number of fused-ring (bicyclic) bond motifs is 1. The smallest absolute Gasteiger partial charge is 0.251 e. The number of hydrogen-bond donors (Lipinski definition) is 1. The van der Waals surface area contributed by atoms with Crippen LogP contribution in [0.3, 0.4) is 0 Å². The fourth-order valence-corrected chi connectivity index (χ4v) is 3.45. The third-order valence-electron chi connectivity index (χ3n) is 4.94. The first-order valence-electron chi connectivity index (χ1n) is 9.26. The van der Waals surface area contributed by atoms with E-state index in [2.05, 4.69) is 59.0 Å². The monoisotopic (exact) mass is 351 g/mol. The second kappa shape index (κ2) is 6.46. The van der Waals surface area contributed by atoms with Crippen molar-refractivity contribution in [2.45, 2.75) is 65.0 Å². The number of aryl methyl sites for hydroxylation is 1. The molecule has 0 aromatic heterocycles. The molecule has 0 spiro atoms. The molecule has 1 N–H and O–H groups in total. The van der Waals surface area contributed by atoms with Gasteiger partial charge in [0.25, 0.3) is 5.91 Å². The van der Waals surface area contributed by atoms with Crippen molar-refractivity contribution in [1.82, 2.24) is 5.32 Å². The predicted molar refractivity (Wildman–Crippen MR) is 106 cm³/mol. The summed E-state index contributed by atoms with van der Waals surface area (Å²) in [5.74, 6) is 0.828. The molecule has 0 bridgehead atoms. The van der Waals surface area contributed by atoms with Gasteiger partial charge in [-0.2, -0.15) is 0 Å². The molecule has 2 aromatic carbocycles. The van der Waals surface area contributed by atoms with Gasteiger partial charge in [0.2, 0.25) is 0 Å². The molecule has 2 aromatic rings. The summed E-state index contributed by atoms with van der Waals surface area (Å²) < 4.78 is 6.12. The van der Waals surface area contributed by atoms with Crippen LogP contribution in [-0.2, 0) is 5.41 Å². The molecule has 1 aliphatic heterocycles. The zero-order valence-corrected chi connectivity index (χ0v) is 16.6. The third-order valence-corrected chi connectivity index (χ3v) is 4.94. The number of ether oxygens (including phenoxy) is 1. The maximum Gasteiger partial charge on any atom is 0.251 e. The first kappa shape index (κ1) is 18.5. The van der Waals surface area contributed by atoms with Crippen molar-refractivity contribution < 1.29 is 9.53 Å². The highest BCUT2D eigenvalue weighted by atomic mass is 16.5. The van der Waals surface area contributed by atoms with Gasteiger partial charge in [-0.05, 0) is 55.5 Å². The Bertz CT molecular complexity index is 813. The molecule has 1 aliphatic rings. The van der Waals surface area contributed by atoms with Crippen LogP contribution in [0.25, 0.3) is 0 Å². The summed E-state index contributed by atoms with van der Waals surface area (Å²) in [6.07, 6.45) is 0.745. The maximum atomic E-state index is 12.8. The van der Waals surface area contributed by atoms with Crippen LogP contribution in [0.5, 0.6) is 5.75 Å². The van der Waals surface area contributed by atoms with Crippen molar-refractivity contribution >= 4 is 5.91 Å². The number of rotatable bonds is 2. The van der Waals surface area contributed by atoms with Crippen LogP contribution in [0.15, 0.2) is 42.5 Å². The van der Waals surface area contributed by atoms with Gasteiger partial charge in [-0.25, -0.2) is 0 Å². The highest BCUT2D eigenvalue weighted by Crippen LogP contribution is 2.40. The van der Waals surface area contributed by atoms with Crippen LogP contribution in [0.2, 0.25) is 0 Å². The molecule has 138 valence electrons. The summed E-state index contributed by atoms with van der Waals surface area (Å²) in [6.45, 7) is 12.7. The van der Waals surface area contributed by atoms with Crippen molar-refractivity contribution in [1.29, 1.82) is 0 Å². The number of carbonyl (C=O) groups excluding carboxylic acids is 1. The standard InChI is InChI=1S/C23H29NO2/c1-15-7-12-18-19(14-23(5,6)26-20(18)13-15)24-21(25)16-8-10-17(11-9-16)22(2,3)4/h7-13,19H,14H2,1-6H3,(H,24,25). The zero-order valence-electron chi connectivity index (χ0n) is 16.6. The first-order chi connectivity index (χ1) is 12.0. The minimum Gasteiger partial charge on any atom is -0.487 e. The third kappa shape index (κ3) is 3.92. The van der Waals surface area contributed by atoms with Crippen LogP contribution in [-0.4, -0.2) is 11.5 Å². The molecule has 0 saturated heterocycles. The number of benzene rings is 2. The summed E-state index contributed by atoms with van der Waals surface area (Å²) in [7, 11) is 0. The van der Waals surface area contributed by atoms with Gasteiger partial charge in [-0.3, -0.25) is 4.79 Å². The molecule has 1 atom stereocenters. The summed E-state index contributed by atoms with van der Waals surface area (Å²) in [4.78, 5) is 12.8. The van der Waals surface area contributed by atoms with Gasteiger partial charge < -0.3 is 10.1 Å². The molecule has 1 heterocycles. The summed E-state index contributed by atoms with van der Waals surface area (Å²) in [5.41, 5.74) is 3.89. The fourth-order valence-electron chi connectivity index (χ4n) is 3.45. The number of hydrogen-bond acceptors (Lipinski definition) is 2. The lowest BCUT2D eigenvalue weighted by Gasteiger charge is -2.38. The predicted octanol–water partition coefficient (Wildman–Crippen LogP) is 5.32. The summed E-state index contributed by atoms with van der Waals surface area (Å²) in [6, 6.07) is 14.0. The number of carbonyl (C=O) groups is 1. The highest BCUT2D eigenvalue weighted by Gasteiger charge is 2.34. The van der Waals surface area contributed by atoms with E-state index in [0.717, 1.165) is 23.3 Å². The lowest BCUT2D eigenvalue weighted by molar-refractivity contribution is 0.0619. The first-order valence-corrected chi connectivity index (χ1v) is 9.26. The van der Waals surface area contributed by atoms with Gasteiger partial charge in [-0.1, -0.05) is 45.0 Å². The van der Waals surface area contributed by atoms with Crippen LogP contribution >= 0.6 is 0 Å². The maximum absolute atomic E-state index is 12.8. The quantitative estimate of drug-likeness (QED) is 0.795. The van der Waals surface area contributed by atoms with E-state index in [1.54, 1.807) is 0 Å². The molecule has 3 rings (SSSR count). The van der Waals surface area contributed by atoms with E-state index < -0.39 is 0 Å². The molecule has 0 fully saturated rings. The van der Waals surface area contributed by atoms with Crippen molar-refractivity contribution in [3.05, 3.63) is 64.7 Å². The van der Waals surface area contributed by atoms with Gasteiger partial charge in [0.1, 0.15) is 11.4 Å². The average molecular weight is 351 g/mol. The molecule has 0 aliphatic carbocycles. The average Bonchev–Trinajstić information content (AvgIpc) is 2.52. The van der Waals surface area contributed by atoms with Crippen LogP contribution in [0.4, 0.5) is 0 Å². The number of amides is 1. The van der Waals surface area contributed by atoms with E-state index in [-0.39, 0.29) is 23.0 Å². The van der Waals surface area contributed by atoms with Gasteiger partial charge >= 0.3 is 0 Å². The van der Waals surface area contributed by atoms with E-state index in [9.17, 15) is 4.79 Å². The van der Waals surface area contributed by atoms with E-state index in [0.29, 0.717) is 5.56 Å². The largest absolute Gasteiger partial charge is 0.487 e. The van der Waals surface area contributed by atoms with Crippen LogP contribution in [0.1, 0.15) is 74.1 Å². The second-order valence-corrected chi connectivity index (χ2v) is 8.96. The van der Waals surface area contributed by atoms with Crippen molar-refractivity contribution in [2.75, 3.05) is 0 Å². The molecule has 0 saturated carbocycles. The topological polar surface area (TPSA) is 38.3 Å². The Morgan fingerprint density at radius 3 is 2.38 bits per heavy atom. The second-order valence-electron chi connectivity index (χ2n) is 8.96. The molecular weight excluding hydrogens is 322 g/mol. The minimum atomic E-state index is -0.311. The van der Waals surface area contributed by atoms with E-state index in [4.69, 9.17) is 4.74 Å². The van der Waals surface area contributed by atoms with Gasteiger partial charge in [0.05, 0.1) is 6.04 Å². The van der Waals surface area contributed by atoms with E-state index in [1.807, 2.05) is 30.3 Å². The van der Waals surface area contributed by atoms with Crippen LogP contribution in [0, 0.1) is 6.92 Å². The summed E-state index contributed by atoms with van der Waals surface area (Å²) >= 11 is 0. The summed E-state index contributed by atoms with van der Waals surface area (Å²) in [5, 5.41) is 3.21. The molecular formula is C23H29NO2. The zero-order chi connectivity index (χ0) is 19.1. The lowest BCUT2D eigenvalue weighted by Crippen LogP contribution is -2.41. The molecule has 26 heavy (non-hydrogen) atoms. The Morgan fingerprint density at radius 1 is 1.12 bits per heavy atom. The fraction of sp³-hybridized carbons (Fsp3) is 0.435. The van der Waals surface area contributed by atoms with Crippen molar-refractivity contribution in [3.63, 3.8) is 0 Å². The molecule has 1 unspecified atom stereocenters. The van der Waals surface area contributed by atoms with E-state index >= 15 is 0 Å². The van der Waals surface area contributed by atoms with E-state index in [1.165, 1.54) is 5.56 Å². The minimum absolute atomic E-state index is 0.0420.